The van der Waals surface area contributed by atoms with E-state index in [9.17, 15) is 4.39 Å². The van der Waals surface area contributed by atoms with Gasteiger partial charge in [-0.1, -0.05) is 29.5 Å². The van der Waals surface area contributed by atoms with Gasteiger partial charge in [-0.15, -0.1) is 0 Å². The SMILES string of the molecule is CC(C)Nc1nc2ccc(-c3nc[nH]c3-c3ccccc3F)cc2s1. The van der Waals surface area contributed by atoms with Gasteiger partial charge in [0.25, 0.3) is 0 Å². The summed E-state index contributed by atoms with van der Waals surface area (Å²) in [5.41, 5.74) is 3.81. The van der Waals surface area contributed by atoms with Crippen LogP contribution in [0.1, 0.15) is 13.8 Å². The number of rotatable bonds is 4. The maximum atomic E-state index is 14.2. The molecule has 0 unspecified atom stereocenters. The van der Waals surface area contributed by atoms with Gasteiger partial charge in [-0.2, -0.15) is 0 Å². The summed E-state index contributed by atoms with van der Waals surface area (Å²) < 4.78 is 15.2. The number of H-pyrrole nitrogens is 1. The zero-order chi connectivity index (χ0) is 17.4. The normalized spacial score (nSPS) is 11.4. The number of benzene rings is 2. The number of hydrogen-bond acceptors (Lipinski definition) is 4. The smallest absolute Gasteiger partial charge is 0.183 e. The predicted molar refractivity (Wildman–Crippen MR) is 101 cm³/mol. The van der Waals surface area contributed by atoms with Crippen molar-refractivity contribution in [2.45, 2.75) is 19.9 Å². The molecule has 126 valence electrons. The predicted octanol–water partition coefficient (Wildman–Crippen LogP) is 5.31. The van der Waals surface area contributed by atoms with Crippen LogP contribution in [0.3, 0.4) is 0 Å². The summed E-state index contributed by atoms with van der Waals surface area (Å²) in [6.07, 6.45) is 1.60. The number of anilines is 1. The summed E-state index contributed by atoms with van der Waals surface area (Å²) in [6, 6.07) is 13.0. The first-order valence-electron chi connectivity index (χ1n) is 8.07. The van der Waals surface area contributed by atoms with E-state index in [2.05, 4.69) is 40.2 Å². The van der Waals surface area contributed by atoms with E-state index in [0.717, 1.165) is 26.6 Å². The number of hydrogen-bond donors (Lipinski definition) is 2. The summed E-state index contributed by atoms with van der Waals surface area (Å²) in [6.45, 7) is 4.17. The van der Waals surface area contributed by atoms with E-state index in [4.69, 9.17) is 0 Å². The highest BCUT2D eigenvalue weighted by Gasteiger charge is 2.15. The Balaban J connectivity index is 1.78. The van der Waals surface area contributed by atoms with Gasteiger partial charge in [0.15, 0.2) is 5.13 Å². The first-order chi connectivity index (χ1) is 12.1. The maximum absolute atomic E-state index is 14.2. The lowest BCUT2D eigenvalue weighted by Crippen LogP contribution is -2.08. The molecule has 2 aromatic carbocycles. The third kappa shape index (κ3) is 3.00. The van der Waals surface area contributed by atoms with Crippen molar-refractivity contribution >= 4 is 26.7 Å². The van der Waals surface area contributed by atoms with Crippen molar-refractivity contribution in [3.8, 4) is 22.5 Å². The van der Waals surface area contributed by atoms with Gasteiger partial charge in [0.2, 0.25) is 0 Å². The molecule has 4 aromatic rings. The van der Waals surface area contributed by atoms with Crippen molar-refractivity contribution in [3.05, 3.63) is 54.6 Å². The van der Waals surface area contributed by atoms with Crippen LogP contribution < -0.4 is 5.32 Å². The minimum Gasteiger partial charge on any atom is -0.359 e. The van der Waals surface area contributed by atoms with Gasteiger partial charge in [0.1, 0.15) is 5.82 Å². The number of imidazole rings is 1. The van der Waals surface area contributed by atoms with Crippen molar-refractivity contribution in [2.24, 2.45) is 0 Å². The average molecular weight is 352 g/mol. The molecule has 2 heterocycles. The number of nitrogens with one attached hydrogen (secondary N) is 2. The number of aromatic nitrogens is 3. The number of nitrogens with zero attached hydrogens (tertiary/aromatic N) is 2. The number of aromatic amines is 1. The van der Waals surface area contributed by atoms with Crippen LogP contribution >= 0.6 is 11.3 Å². The lowest BCUT2D eigenvalue weighted by Gasteiger charge is -2.04. The minimum absolute atomic E-state index is 0.268. The first kappa shape index (κ1) is 15.8. The Labute approximate surface area is 148 Å². The van der Waals surface area contributed by atoms with Crippen LogP contribution in [0.4, 0.5) is 9.52 Å². The van der Waals surface area contributed by atoms with Crippen LogP contribution in [0, 0.1) is 5.82 Å². The van der Waals surface area contributed by atoms with Crippen LogP contribution in [0.5, 0.6) is 0 Å². The van der Waals surface area contributed by atoms with Crippen LogP contribution in [0.15, 0.2) is 48.8 Å². The summed E-state index contributed by atoms with van der Waals surface area (Å²) in [7, 11) is 0. The first-order valence-corrected chi connectivity index (χ1v) is 8.89. The van der Waals surface area contributed by atoms with Gasteiger partial charge in [-0.05, 0) is 38.1 Å². The van der Waals surface area contributed by atoms with Crippen molar-refractivity contribution in [1.29, 1.82) is 0 Å². The van der Waals surface area contributed by atoms with Crippen LogP contribution in [0.2, 0.25) is 0 Å². The van der Waals surface area contributed by atoms with E-state index in [1.165, 1.54) is 6.07 Å². The molecule has 0 aliphatic carbocycles. The molecule has 0 amide bonds. The number of fused-ring (bicyclic) bond motifs is 1. The molecule has 0 saturated heterocycles. The van der Waals surface area contributed by atoms with Gasteiger partial charge in [0, 0.05) is 17.2 Å². The second-order valence-electron chi connectivity index (χ2n) is 6.11. The fraction of sp³-hybridized carbons (Fsp3) is 0.158. The fourth-order valence-corrected chi connectivity index (χ4v) is 3.81. The molecule has 0 aliphatic rings. The largest absolute Gasteiger partial charge is 0.359 e. The molecule has 4 rings (SSSR count). The lowest BCUT2D eigenvalue weighted by molar-refractivity contribution is 0.631. The van der Waals surface area contributed by atoms with E-state index in [-0.39, 0.29) is 5.82 Å². The van der Waals surface area contributed by atoms with Gasteiger partial charge in [-0.25, -0.2) is 14.4 Å². The third-order valence-electron chi connectivity index (χ3n) is 3.86. The van der Waals surface area contributed by atoms with E-state index < -0.39 is 0 Å². The number of thiazole rings is 1. The Hall–Kier alpha value is -2.73. The molecular weight excluding hydrogens is 335 g/mol. The minimum atomic E-state index is -0.268. The molecule has 25 heavy (non-hydrogen) atoms. The summed E-state index contributed by atoms with van der Waals surface area (Å²) in [5.74, 6) is -0.268. The van der Waals surface area contributed by atoms with Gasteiger partial charge >= 0.3 is 0 Å². The molecule has 0 aliphatic heterocycles. The van der Waals surface area contributed by atoms with Crippen molar-refractivity contribution in [1.82, 2.24) is 15.0 Å². The van der Waals surface area contributed by atoms with Crippen LogP contribution in [0.25, 0.3) is 32.7 Å². The lowest BCUT2D eigenvalue weighted by atomic mass is 10.0. The van der Waals surface area contributed by atoms with Crippen molar-refractivity contribution in [3.63, 3.8) is 0 Å². The molecule has 2 aromatic heterocycles. The molecule has 0 radical (unpaired) electrons. The van der Waals surface area contributed by atoms with Crippen molar-refractivity contribution < 1.29 is 4.39 Å². The number of halogens is 1. The highest BCUT2D eigenvalue weighted by atomic mass is 32.1. The fourth-order valence-electron chi connectivity index (χ4n) is 2.76. The summed E-state index contributed by atoms with van der Waals surface area (Å²) in [5, 5.41) is 4.23. The van der Waals surface area contributed by atoms with E-state index in [1.54, 1.807) is 29.8 Å². The van der Waals surface area contributed by atoms with Gasteiger partial charge < -0.3 is 10.3 Å². The van der Waals surface area contributed by atoms with Crippen molar-refractivity contribution in [2.75, 3.05) is 5.32 Å². The molecule has 2 N–H and O–H groups in total. The molecule has 6 heteroatoms. The molecule has 4 nitrogen and oxygen atoms in total. The van der Waals surface area contributed by atoms with Gasteiger partial charge in [-0.3, -0.25) is 0 Å². The molecule has 0 bridgehead atoms. The zero-order valence-corrected chi connectivity index (χ0v) is 14.7. The quantitative estimate of drug-likeness (QED) is 0.523. The molecule has 0 spiro atoms. The van der Waals surface area contributed by atoms with E-state index in [0.29, 0.717) is 17.3 Å². The van der Waals surface area contributed by atoms with Crippen LogP contribution in [-0.4, -0.2) is 21.0 Å². The third-order valence-corrected chi connectivity index (χ3v) is 4.81. The second-order valence-corrected chi connectivity index (χ2v) is 7.14. The van der Waals surface area contributed by atoms with E-state index >= 15 is 0 Å². The summed E-state index contributed by atoms with van der Waals surface area (Å²) >= 11 is 1.61. The Bertz CT molecular complexity index is 1030. The van der Waals surface area contributed by atoms with Gasteiger partial charge in [0.05, 0.1) is 27.9 Å². The monoisotopic (exact) mass is 352 g/mol. The molecular formula is C19H17FN4S. The summed E-state index contributed by atoms with van der Waals surface area (Å²) in [4.78, 5) is 12.1. The Morgan fingerprint density at radius 3 is 2.80 bits per heavy atom. The Morgan fingerprint density at radius 1 is 1.16 bits per heavy atom. The Kier molecular flexibility index (Phi) is 3.97. The molecule has 0 atom stereocenters. The molecule has 0 saturated carbocycles. The van der Waals surface area contributed by atoms with E-state index in [1.807, 2.05) is 18.2 Å². The zero-order valence-electron chi connectivity index (χ0n) is 13.9. The Morgan fingerprint density at radius 2 is 2.00 bits per heavy atom. The topological polar surface area (TPSA) is 53.6 Å². The maximum Gasteiger partial charge on any atom is 0.183 e. The average Bonchev–Trinajstić information content (AvgIpc) is 3.19. The van der Waals surface area contributed by atoms with Crippen LogP contribution in [-0.2, 0) is 0 Å². The highest BCUT2D eigenvalue weighted by molar-refractivity contribution is 7.22. The second kappa shape index (κ2) is 6.29. The molecule has 0 fully saturated rings. The highest BCUT2D eigenvalue weighted by Crippen LogP contribution is 2.34. The standard InChI is InChI=1S/C19H17FN4S/c1-11(2)23-19-24-15-8-7-12(9-16(15)25-19)17-18(22-10-21-17)13-5-3-4-6-14(13)20/h3-11H,1-2H3,(H,21,22)(H,23,24).